The molecule has 0 spiro atoms. The number of hydrogen-bond donors (Lipinski definition) is 1. The molecule has 0 bridgehead atoms. The molecule has 0 aliphatic rings. The lowest BCUT2D eigenvalue weighted by molar-refractivity contribution is 0.100. The summed E-state index contributed by atoms with van der Waals surface area (Å²) in [6.45, 7) is 2.05. The minimum Gasteiger partial charge on any atom is -0.468 e. The van der Waals surface area contributed by atoms with E-state index in [1.165, 1.54) is 17.7 Å². The van der Waals surface area contributed by atoms with Gasteiger partial charge in [0.05, 0.1) is 13.7 Å². The van der Waals surface area contributed by atoms with Crippen molar-refractivity contribution >= 4 is 5.91 Å². The van der Waals surface area contributed by atoms with Gasteiger partial charge >= 0.3 is 0 Å². The minimum absolute atomic E-state index is 0.187. The third-order valence-electron chi connectivity index (χ3n) is 2.86. The molecule has 2 N–H and O–H groups in total. The van der Waals surface area contributed by atoms with Crippen molar-refractivity contribution < 1.29 is 9.53 Å². The third-order valence-corrected chi connectivity index (χ3v) is 2.86. The predicted molar refractivity (Wildman–Crippen MR) is 73.8 cm³/mol. The van der Waals surface area contributed by atoms with Crippen molar-refractivity contribution in [3.63, 3.8) is 0 Å². The fourth-order valence-electron chi connectivity index (χ4n) is 1.85. The van der Waals surface area contributed by atoms with Gasteiger partial charge in [0.1, 0.15) is 0 Å². The maximum atomic E-state index is 12.0. The molecule has 0 aliphatic carbocycles. The number of carbonyl (C=O) groups is 1. The van der Waals surface area contributed by atoms with Crippen LogP contribution < -0.4 is 16.0 Å². The summed E-state index contributed by atoms with van der Waals surface area (Å²) >= 11 is 0. The molecule has 20 heavy (non-hydrogen) atoms. The first-order valence-electron chi connectivity index (χ1n) is 6.02. The zero-order valence-corrected chi connectivity index (χ0v) is 11.3. The molecule has 0 radical (unpaired) electrons. The number of ether oxygens (including phenoxy) is 1. The third kappa shape index (κ3) is 2.85. The number of aromatic nitrogens is 2. The van der Waals surface area contributed by atoms with Gasteiger partial charge < -0.3 is 10.5 Å². The van der Waals surface area contributed by atoms with Crippen LogP contribution in [0.4, 0.5) is 0 Å². The fourth-order valence-corrected chi connectivity index (χ4v) is 1.85. The molecule has 6 nitrogen and oxygen atoms in total. The lowest BCUT2D eigenvalue weighted by atomic mass is 10.1. The number of amides is 1. The highest BCUT2D eigenvalue weighted by atomic mass is 16.5. The average molecular weight is 273 g/mol. The highest BCUT2D eigenvalue weighted by molar-refractivity contribution is 5.92. The molecule has 1 heterocycles. The number of primary amides is 1. The molecule has 0 fully saturated rings. The van der Waals surface area contributed by atoms with Crippen LogP contribution in [-0.2, 0) is 6.54 Å². The van der Waals surface area contributed by atoms with Crippen molar-refractivity contribution in [1.29, 1.82) is 0 Å². The van der Waals surface area contributed by atoms with Crippen molar-refractivity contribution in [3.05, 3.63) is 57.5 Å². The molecular weight excluding hydrogens is 258 g/mol. The number of carbonyl (C=O) groups excluding carboxylic acids is 1. The molecule has 2 rings (SSSR count). The molecule has 1 amide bonds. The minimum atomic E-state index is -0.483. The predicted octanol–water partition coefficient (Wildman–Crippen LogP) is 0.708. The summed E-state index contributed by atoms with van der Waals surface area (Å²) in [5.41, 5.74) is 6.87. The van der Waals surface area contributed by atoms with E-state index in [9.17, 15) is 9.59 Å². The van der Waals surface area contributed by atoms with Crippen LogP contribution in [0.15, 0.2) is 35.1 Å². The molecule has 0 atom stereocenters. The maximum Gasteiger partial charge on any atom is 0.299 e. The van der Waals surface area contributed by atoms with Gasteiger partial charge in [0.25, 0.3) is 11.6 Å². The number of nitrogens with zero attached hydrogens (tertiary/aromatic N) is 2. The van der Waals surface area contributed by atoms with Gasteiger partial charge in [-0.15, -0.1) is 0 Å². The second kappa shape index (κ2) is 5.56. The van der Waals surface area contributed by atoms with Crippen molar-refractivity contribution in [2.75, 3.05) is 7.11 Å². The Labute approximate surface area is 115 Å². The van der Waals surface area contributed by atoms with E-state index in [0.717, 1.165) is 5.56 Å². The smallest absolute Gasteiger partial charge is 0.299 e. The quantitative estimate of drug-likeness (QED) is 0.888. The topological polar surface area (TPSA) is 87.2 Å². The fraction of sp³-hybridized carbons (Fsp3) is 0.214. The van der Waals surface area contributed by atoms with E-state index in [-0.39, 0.29) is 11.6 Å². The zero-order chi connectivity index (χ0) is 14.7. The number of nitrogens with two attached hydrogens (primary N) is 1. The van der Waals surface area contributed by atoms with E-state index in [2.05, 4.69) is 4.98 Å². The molecule has 0 saturated carbocycles. The number of methoxy groups -OCH3 is 1. The van der Waals surface area contributed by atoms with Gasteiger partial charge in [0.15, 0.2) is 0 Å². The summed E-state index contributed by atoms with van der Waals surface area (Å²) in [5, 5.41) is 0. The molecular formula is C14H15N3O3. The van der Waals surface area contributed by atoms with Gasteiger partial charge in [0.2, 0.25) is 5.91 Å². The molecule has 1 aromatic heterocycles. The Balaban J connectivity index is 2.34. The Kier molecular flexibility index (Phi) is 3.84. The van der Waals surface area contributed by atoms with E-state index in [0.29, 0.717) is 17.8 Å². The van der Waals surface area contributed by atoms with Crippen LogP contribution in [0.5, 0.6) is 6.01 Å². The highest BCUT2D eigenvalue weighted by Gasteiger charge is 2.08. The summed E-state index contributed by atoms with van der Waals surface area (Å²) in [4.78, 5) is 27.1. The summed E-state index contributed by atoms with van der Waals surface area (Å²) < 4.78 is 6.54. The molecule has 104 valence electrons. The monoisotopic (exact) mass is 273 g/mol. The SMILES string of the molecule is COc1nc(C)cc(=O)n1Cc1ccc(C(N)=O)cc1. The van der Waals surface area contributed by atoms with Crippen molar-refractivity contribution in [1.82, 2.24) is 9.55 Å². The molecule has 0 saturated heterocycles. The summed E-state index contributed by atoms with van der Waals surface area (Å²) in [5.74, 6) is -0.483. The van der Waals surface area contributed by atoms with Crippen LogP contribution in [0.3, 0.4) is 0 Å². The molecule has 0 aliphatic heterocycles. The number of benzene rings is 1. The van der Waals surface area contributed by atoms with Crippen LogP contribution in [0.1, 0.15) is 21.6 Å². The average Bonchev–Trinajstić information content (AvgIpc) is 2.42. The second-order valence-corrected chi connectivity index (χ2v) is 4.37. The largest absolute Gasteiger partial charge is 0.468 e. The van der Waals surface area contributed by atoms with E-state index >= 15 is 0 Å². The van der Waals surface area contributed by atoms with E-state index < -0.39 is 5.91 Å². The maximum absolute atomic E-state index is 12.0. The Morgan fingerprint density at radius 1 is 1.35 bits per heavy atom. The zero-order valence-electron chi connectivity index (χ0n) is 11.3. The Morgan fingerprint density at radius 3 is 2.55 bits per heavy atom. The van der Waals surface area contributed by atoms with Crippen LogP contribution in [0, 0.1) is 6.92 Å². The van der Waals surface area contributed by atoms with Crippen LogP contribution in [0.25, 0.3) is 0 Å². The van der Waals surface area contributed by atoms with E-state index in [1.807, 2.05) is 0 Å². The number of hydrogen-bond acceptors (Lipinski definition) is 4. The lowest BCUT2D eigenvalue weighted by Crippen LogP contribution is -2.23. The first-order chi connectivity index (χ1) is 9.51. The van der Waals surface area contributed by atoms with Gasteiger partial charge in [-0.25, -0.2) is 4.98 Å². The summed E-state index contributed by atoms with van der Waals surface area (Å²) in [6, 6.07) is 8.43. The van der Waals surface area contributed by atoms with Gasteiger partial charge in [-0.2, -0.15) is 0 Å². The van der Waals surface area contributed by atoms with E-state index in [1.54, 1.807) is 31.2 Å². The summed E-state index contributed by atoms with van der Waals surface area (Å²) in [7, 11) is 1.47. The van der Waals surface area contributed by atoms with Crippen molar-refractivity contribution in [2.45, 2.75) is 13.5 Å². The van der Waals surface area contributed by atoms with Crippen LogP contribution >= 0.6 is 0 Å². The first kappa shape index (κ1) is 13.8. The van der Waals surface area contributed by atoms with Gasteiger partial charge in [-0.1, -0.05) is 12.1 Å². The molecule has 2 aromatic rings. The Morgan fingerprint density at radius 2 is 2.00 bits per heavy atom. The van der Waals surface area contributed by atoms with Crippen LogP contribution in [-0.4, -0.2) is 22.6 Å². The Hall–Kier alpha value is -2.63. The van der Waals surface area contributed by atoms with Crippen LogP contribution in [0.2, 0.25) is 0 Å². The molecule has 6 heteroatoms. The second-order valence-electron chi connectivity index (χ2n) is 4.37. The normalized spacial score (nSPS) is 10.3. The van der Waals surface area contributed by atoms with Crippen molar-refractivity contribution in [3.8, 4) is 6.01 Å². The number of rotatable bonds is 4. The first-order valence-corrected chi connectivity index (χ1v) is 6.02. The highest BCUT2D eigenvalue weighted by Crippen LogP contribution is 2.10. The van der Waals surface area contributed by atoms with Gasteiger partial charge in [0, 0.05) is 17.3 Å². The molecule has 0 unspecified atom stereocenters. The van der Waals surface area contributed by atoms with E-state index in [4.69, 9.17) is 10.5 Å². The molecule has 1 aromatic carbocycles. The number of aryl methyl sites for hydroxylation is 1. The lowest BCUT2D eigenvalue weighted by Gasteiger charge is -2.11. The standard InChI is InChI=1S/C14H15N3O3/c1-9-7-12(18)17(14(16-9)20-2)8-10-3-5-11(6-4-10)13(15)19/h3-7H,8H2,1-2H3,(H2,15,19). The van der Waals surface area contributed by atoms with Crippen molar-refractivity contribution in [2.24, 2.45) is 5.73 Å². The van der Waals surface area contributed by atoms with Gasteiger partial charge in [-0.3, -0.25) is 14.2 Å². The summed E-state index contributed by atoms with van der Waals surface area (Å²) in [6.07, 6.45) is 0. The Bertz CT molecular complexity index is 690. The van der Waals surface area contributed by atoms with Gasteiger partial charge in [-0.05, 0) is 24.6 Å².